The van der Waals surface area contributed by atoms with Crippen LogP contribution in [0.15, 0.2) is 12.3 Å². The van der Waals surface area contributed by atoms with E-state index < -0.39 is 0 Å². The lowest BCUT2D eigenvalue weighted by Gasteiger charge is -2.24. The Hall–Kier alpha value is -1.55. The van der Waals surface area contributed by atoms with Gasteiger partial charge in [0, 0.05) is 29.4 Å². The van der Waals surface area contributed by atoms with Gasteiger partial charge in [-0.3, -0.25) is 0 Å². The number of H-pyrrole nitrogens is 1. The molecule has 2 aliphatic heterocycles. The number of aromatic nitrogens is 1. The fraction of sp³-hybridized carbons (Fsp3) is 0.588. The van der Waals surface area contributed by atoms with E-state index in [4.69, 9.17) is 4.74 Å². The van der Waals surface area contributed by atoms with Crippen molar-refractivity contribution >= 4 is 12.0 Å². The molecule has 2 bridgehead atoms. The van der Waals surface area contributed by atoms with Gasteiger partial charge in [0.1, 0.15) is 0 Å². The van der Waals surface area contributed by atoms with Gasteiger partial charge in [0.15, 0.2) is 0 Å². The van der Waals surface area contributed by atoms with E-state index in [0.29, 0.717) is 18.1 Å². The summed E-state index contributed by atoms with van der Waals surface area (Å²) in [5.41, 5.74) is 3.10. The van der Waals surface area contributed by atoms with Crippen LogP contribution in [0.5, 0.6) is 0 Å². The lowest BCUT2D eigenvalue weighted by Crippen LogP contribution is -2.27. The Labute approximate surface area is 125 Å². The predicted octanol–water partition coefficient (Wildman–Crippen LogP) is 2.47. The van der Waals surface area contributed by atoms with Crippen LogP contribution in [0.25, 0.3) is 6.08 Å². The lowest BCUT2D eigenvalue weighted by molar-refractivity contribution is 0.0324. The third kappa shape index (κ3) is 2.22. The normalized spacial score (nSPS) is 33.2. The Morgan fingerprint density at radius 1 is 1.48 bits per heavy atom. The van der Waals surface area contributed by atoms with Gasteiger partial charge in [-0.2, -0.15) is 0 Å². The predicted molar refractivity (Wildman–Crippen MR) is 81.1 cm³/mol. The van der Waals surface area contributed by atoms with E-state index in [1.165, 1.54) is 12.8 Å². The molecule has 0 radical (unpaired) electrons. The lowest BCUT2D eigenvalue weighted by atomic mass is 9.86. The van der Waals surface area contributed by atoms with Crippen molar-refractivity contribution < 1.29 is 9.53 Å². The summed E-state index contributed by atoms with van der Waals surface area (Å²) in [6.07, 6.45) is 9.34. The standard InChI is InChI=1S/C17H22N2O2/c1-12-2-3-13-14(9-18-15(13)8-12)16(20)21-11-17-4-6-19(10-17)7-5-17/h2-3,9,12,18H,4-8,10-11H2,1H3. The van der Waals surface area contributed by atoms with Crippen molar-refractivity contribution in [2.75, 3.05) is 26.2 Å². The minimum Gasteiger partial charge on any atom is -0.461 e. The Morgan fingerprint density at radius 2 is 2.29 bits per heavy atom. The summed E-state index contributed by atoms with van der Waals surface area (Å²) in [5, 5.41) is 0. The minimum absolute atomic E-state index is 0.175. The number of allylic oxidation sites excluding steroid dienone is 1. The first kappa shape index (κ1) is 13.1. The highest BCUT2D eigenvalue weighted by atomic mass is 16.5. The molecule has 0 aromatic carbocycles. The summed E-state index contributed by atoms with van der Waals surface area (Å²) >= 11 is 0. The number of esters is 1. The van der Waals surface area contributed by atoms with Crippen LogP contribution in [0, 0.1) is 11.3 Å². The van der Waals surface area contributed by atoms with Crippen LogP contribution in [-0.4, -0.2) is 42.1 Å². The molecule has 2 fully saturated rings. The molecule has 0 spiro atoms. The Balaban J connectivity index is 1.46. The van der Waals surface area contributed by atoms with Crippen molar-refractivity contribution in [3.05, 3.63) is 29.1 Å². The molecule has 2 saturated heterocycles. The van der Waals surface area contributed by atoms with Gasteiger partial charge in [0.2, 0.25) is 0 Å². The molecule has 3 heterocycles. The quantitative estimate of drug-likeness (QED) is 0.868. The van der Waals surface area contributed by atoms with E-state index in [0.717, 1.165) is 37.3 Å². The van der Waals surface area contributed by atoms with Crippen molar-refractivity contribution in [2.24, 2.45) is 11.3 Å². The van der Waals surface area contributed by atoms with Crippen LogP contribution >= 0.6 is 0 Å². The van der Waals surface area contributed by atoms with Crippen LogP contribution in [0.3, 0.4) is 0 Å². The molecular weight excluding hydrogens is 264 g/mol. The van der Waals surface area contributed by atoms with Gasteiger partial charge in [0.25, 0.3) is 0 Å². The Morgan fingerprint density at radius 3 is 3.00 bits per heavy atom. The third-order valence-electron chi connectivity index (χ3n) is 5.33. The van der Waals surface area contributed by atoms with Crippen LogP contribution < -0.4 is 0 Å². The topological polar surface area (TPSA) is 45.3 Å². The molecule has 1 aromatic heterocycles. The zero-order valence-electron chi connectivity index (χ0n) is 12.5. The van der Waals surface area contributed by atoms with Crippen molar-refractivity contribution in [3.63, 3.8) is 0 Å². The van der Waals surface area contributed by atoms with Gasteiger partial charge in [-0.05, 0) is 38.3 Å². The Kier molecular flexibility index (Phi) is 2.96. The smallest absolute Gasteiger partial charge is 0.340 e. The molecule has 4 rings (SSSR count). The van der Waals surface area contributed by atoms with E-state index in [1.54, 1.807) is 0 Å². The van der Waals surface area contributed by atoms with Gasteiger partial charge in [-0.1, -0.05) is 19.1 Å². The number of rotatable bonds is 3. The average Bonchev–Trinajstić information content (AvgIpc) is 3.18. The number of carbonyl (C=O) groups is 1. The first-order chi connectivity index (χ1) is 10.2. The number of nitrogens with zero attached hydrogens (tertiary/aromatic N) is 1. The first-order valence-electron chi connectivity index (χ1n) is 7.93. The highest BCUT2D eigenvalue weighted by Crippen LogP contribution is 2.40. The first-order valence-corrected chi connectivity index (χ1v) is 7.93. The molecule has 1 N–H and O–H groups in total. The van der Waals surface area contributed by atoms with Gasteiger partial charge in [-0.15, -0.1) is 0 Å². The zero-order valence-corrected chi connectivity index (χ0v) is 12.5. The number of hydrogen-bond donors (Lipinski definition) is 1. The van der Waals surface area contributed by atoms with Gasteiger partial charge < -0.3 is 14.6 Å². The van der Waals surface area contributed by atoms with Crippen LogP contribution in [0.4, 0.5) is 0 Å². The largest absolute Gasteiger partial charge is 0.461 e. The number of fused-ring (bicyclic) bond motifs is 3. The summed E-state index contributed by atoms with van der Waals surface area (Å²) in [7, 11) is 0. The fourth-order valence-electron chi connectivity index (χ4n) is 3.96. The molecule has 0 amide bonds. The van der Waals surface area contributed by atoms with Crippen molar-refractivity contribution in [1.29, 1.82) is 0 Å². The summed E-state index contributed by atoms with van der Waals surface area (Å²) in [6.45, 7) is 6.18. The van der Waals surface area contributed by atoms with Gasteiger partial charge >= 0.3 is 5.97 Å². The number of piperidine rings is 1. The molecule has 1 atom stereocenters. The molecule has 1 aromatic rings. The van der Waals surface area contributed by atoms with Crippen molar-refractivity contribution in [1.82, 2.24) is 9.88 Å². The maximum absolute atomic E-state index is 12.4. The number of carbonyl (C=O) groups excluding carboxylic acids is 1. The zero-order chi connectivity index (χ0) is 14.4. The average molecular weight is 286 g/mol. The second-order valence-corrected chi connectivity index (χ2v) is 6.99. The SMILES string of the molecule is CC1C=Cc2c(C(=O)OCC34CCN(CC3)C4)c[nH]c2C1. The molecule has 112 valence electrons. The third-order valence-corrected chi connectivity index (χ3v) is 5.33. The molecule has 4 heteroatoms. The van der Waals surface area contributed by atoms with Crippen molar-refractivity contribution in [3.8, 4) is 0 Å². The number of aromatic amines is 1. The van der Waals surface area contributed by atoms with E-state index >= 15 is 0 Å². The number of hydrogen-bond acceptors (Lipinski definition) is 3. The van der Waals surface area contributed by atoms with Crippen LogP contribution in [-0.2, 0) is 11.2 Å². The van der Waals surface area contributed by atoms with E-state index in [2.05, 4.69) is 29.0 Å². The molecule has 0 saturated carbocycles. The van der Waals surface area contributed by atoms with Crippen molar-refractivity contribution in [2.45, 2.75) is 26.2 Å². The fourth-order valence-corrected chi connectivity index (χ4v) is 3.96. The van der Waals surface area contributed by atoms with Gasteiger partial charge in [0.05, 0.1) is 12.2 Å². The Bertz CT molecular complexity index is 594. The molecule has 21 heavy (non-hydrogen) atoms. The van der Waals surface area contributed by atoms with Gasteiger partial charge in [-0.25, -0.2) is 4.79 Å². The highest BCUT2D eigenvalue weighted by molar-refractivity contribution is 5.94. The molecular formula is C17H22N2O2. The second-order valence-electron chi connectivity index (χ2n) is 6.99. The second kappa shape index (κ2) is 4.73. The minimum atomic E-state index is -0.175. The molecule has 1 unspecified atom stereocenters. The van der Waals surface area contributed by atoms with Crippen LogP contribution in [0.1, 0.15) is 41.4 Å². The summed E-state index contributed by atoms with van der Waals surface area (Å²) in [4.78, 5) is 18.1. The van der Waals surface area contributed by atoms with E-state index in [-0.39, 0.29) is 11.4 Å². The maximum atomic E-state index is 12.4. The van der Waals surface area contributed by atoms with E-state index in [1.807, 2.05) is 6.20 Å². The number of nitrogens with one attached hydrogen (secondary N) is 1. The summed E-state index contributed by atoms with van der Waals surface area (Å²) in [5.74, 6) is 0.355. The molecule has 4 nitrogen and oxygen atoms in total. The monoisotopic (exact) mass is 286 g/mol. The molecule has 1 aliphatic carbocycles. The summed E-state index contributed by atoms with van der Waals surface area (Å²) < 4.78 is 5.66. The number of ether oxygens (including phenoxy) is 1. The van der Waals surface area contributed by atoms with E-state index in [9.17, 15) is 4.79 Å². The molecule has 3 aliphatic rings. The van der Waals surface area contributed by atoms with Crippen LogP contribution in [0.2, 0.25) is 0 Å². The highest BCUT2D eigenvalue weighted by Gasteiger charge is 2.44. The maximum Gasteiger partial charge on any atom is 0.340 e. The summed E-state index contributed by atoms with van der Waals surface area (Å²) in [6, 6.07) is 0.